The quantitative estimate of drug-likeness (QED) is 0.555. The summed E-state index contributed by atoms with van der Waals surface area (Å²) in [7, 11) is 0. The van der Waals surface area contributed by atoms with Gasteiger partial charge in [-0.05, 0) is 54.3 Å². The van der Waals surface area contributed by atoms with Crippen LogP contribution in [-0.2, 0) is 0 Å². The van der Waals surface area contributed by atoms with Crippen molar-refractivity contribution in [3.05, 3.63) is 87.5 Å². The average Bonchev–Trinajstić information content (AvgIpc) is 3.11. The molecular weight excluding hydrogens is 330 g/mol. The molecule has 1 aromatic carbocycles. The molecule has 0 saturated carbocycles. The van der Waals surface area contributed by atoms with Crippen LogP contribution in [0.3, 0.4) is 0 Å². The Hall–Kier alpha value is -3.05. The van der Waals surface area contributed by atoms with E-state index in [0.29, 0.717) is 10.5 Å². The van der Waals surface area contributed by atoms with Gasteiger partial charge in [0.05, 0.1) is 16.9 Å². The molecular formula is C20H15N3OS. The number of aryl methyl sites for hydroxylation is 1. The lowest BCUT2D eigenvalue weighted by molar-refractivity contribution is 0.937. The van der Waals surface area contributed by atoms with E-state index in [9.17, 15) is 4.79 Å². The van der Waals surface area contributed by atoms with E-state index < -0.39 is 0 Å². The number of hydrogen-bond donors (Lipinski definition) is 0. The fraction of sp³-hybridized carbons (Fsp3) is 0.0500. The molecule has 0 amide bonds. The SMILES string of the molecule is Cc1ccccc1-n1c(/C=C/c2ccccn2)nc2ccsc2c1=O. The Morgan fingerprint density at radius 1 is 1.04 bits per heavy atom. The van der Waals surface area contributed by atoms with Crippen LogP contribution in [-0.4, -0.2) is 14.5 Å². The fourth-order valence-electron chi connectivity index (χ4n) is 2.72. The minimum absolute atomic E-state index is 0.0463. The first kappa shape index (κ1) is 15.5. The molecule has 0 N–H and O–H groups in total. The Kier molecular flexibility index (Phi) is 3.99. The number of para-hydroxylation sites is 1. The molecule has 4 aromatic rings. The van der Waals surface area contributed by atoms with Crippen molar-refractivity contribution in [1.82, 2.24) is 14.5 Å². The van der Waals surface area contributed by atoms with Crippen molar-refractivity contribution in [2.45, 2.75) is 6.92 Å². The third-order valence-corrected chi connectivity index (χ3v) is 4.84. The highest BCUT2D eigenvalue weighted by Gasteiger charge is 2.13. The Bertz CT molecular complexity index is 1130. The Morgan fingerprint density at radius 2 is 1.88 bits per heavy atom. The second-order valence-corrected chi connectivity index (χ2v) is 6.54. The van der Waals surface area contributed by atoms with Crippen molar-refractivity contribution >= 4 is 33.7 Å². The van der Waals surface area contributed by atoms with Crippen LogP contribution in [0.5, 0.6) is 0 Å². The molecule has 0 bridgehead atoms. The van der Waals surface area contributed by atoms with Crippen LogP contribution < -0.4 is 5.56 Å². The van der Waals surface area contributed by atoms with Gasteiger partial charge in [0.2, 0.25) is 0 Å². The Balaban J connectivity index is 1.96. The Labute approximate surface area is 148 Å². The van der Waals surface area contributed by atoms with E-state index in [2.05, 4.69) is 9.97 Å². The van der Waals surface area contributed by atoms with Gasteiger partial charge in [-0.2, -0.15) is 0 Å². The second-order valence-electron chi connectivity index (χ2n) is 5.62. The van der Waals surface area contributed by atoms with Crippen LogP contribution in [0.2, 0.25) is 0 Å². The molecule has 0 fully saturated rings. The van der Waals surface area contributed by atoms with E-state index in [-0.39, 0.29) is 5.56 Å². The van der Waals surface area contributed by atoms with E-state index >= 15 is 0 Å². The lowest BCUT2D eigenvalue weighted by Gasteiger charge is -2.12. The first-order valence-corrected chi connectivity index (χ1v) is 8.77. The molecule has 5 heteroatoms. The average molecular weight is 345 g/mol. The van der Waals surface area contributed by atoms with Crippen molar-refractivity contribution in [2.24, 2.45) is 0 Å². The van der Waals surface area contributed by atoms with E-state index in [0.717, 1.165) is 22.5 Å². The smallest absolute Gasteiger partial charge is 0.267 e. The molecule has 0 spiro atoms. The van der Waals surface area contributed by atoms with E-state index in [1.165, 1.54) is 11.3 Å². The summed E-state index contributed by atoms with van der Waals surface area (Å²) in [5.41, 5.74) is 3.36. The summed E-state index contributed by atoms with van der Waals surface area (Å²) in [6, 6.07) is 15.4. The normalized spacial score (nSPS) is 11.4. The lowest BCUT2D eigenvalue weighted by Crippen LogP contribution is -2.22. The highest BCUT2D eigenvalue weighted by Crippen LogP contribution is 2.20. The molecule has 4 rings (SSSR count). The number of fused-ring (bicyclic) bond motifs is 1. The van der Waals surface area contributed by atoms with Crippen LogP contribution >= 0.6 is 11.3 Å². The predicted octanol–water partition coefficient (Wildman–Crippen LogP) is 4.32. The van der Waals surface area contributed by atoms with Crippen LogP contribution in [0.25, 0.3) is 28.1 Å². The van der Waals surface area contributed by atoms with Gasteiger partial charge < -0.3 is 0 Å². The molecule has 0 aliphatic heterocycles. The van der Waals surface area contributed by atoms with Gasteiger partial charge in [-0.1, -0.05) is 24.3 Å². The van der Waals surface area contributed by atoms with E-state index in [1.54, 1.807) is 10.8 Å². The van der Waals surface area contributed by atoms with Crippen molar-refractivity contribution in [2.75, 3.05) is 0 Å². The number of pyridine rings is 1. The van der Waals surface area contributed by atoms with Gasteiger partial charge >= 0.3 is 0 Å². The summed E-state index contributed by atoms with van der Waals surface area (Å²) in [6.07, 6.45) is 5.45. The number of aromatic nitrogens is 3. The monoisotopic (exact) mass is 345 g/mol. The molecule has 4 nitrogen and oxygen atoms in total. The largest absolute Gasteiger partial charge is 0.276 e. The summed E-state index contributed by atoms with van der Waals surface area (Å²) < 4.78 is 2.34. The number of hydrogen-bond acceptors (Lipinski definition) is 4. The summed E-state index contributed by atoms with van der Waals surface area (Å²) in [6.45, 7) is 1.99. The third kappa shape index (κ3) is 2.90. The highest BCUT2D eigenvalue weighted by atomic mass is 32.1. The number of nitrogens with zero attached hydrogens (tertiary/aromatic N) is 3. The third-order valence-electron chi connectivity index (χ3n) is 3.95. The second kappa shape index (κ2) is 6.45. The summed E-state index contributed by atoms with van der Waals surface area (Å²) in [5.74, 6) is 0.593. The zero-order chi connectivity index (χ0) is 17.2. The van der Waals surface area contributed by atoms with Crippen LogP contribution in [0.1, 0.15) is 17.1 Å². The standard InChI is InChI=1S/C20H15N3OS/c1-14-6-2-3-8-17(14)23-18(10-9-15-7-4-5-12-21-15)22-16-11-13-25-19(16)20(23)24/h2-13H,1H3/b10-9+. The lowest BCUT2D eigenvalue weighted by atomic mass is 10.2. The zero-order valence-corrected chi connectivity index (χ0v) is 14.4. The van der Waals surface area contributed by atoms with Crippen LogP contribution in [0.15, 0.2) is 64.9 Å². The van der Waals surface area contributed by atoms with Gasteiger partial charge in [0.1, 0.15) is 10.5 Å². The number of thiophene rings is 1. The topological polar surface area (TPSA) is 47.8 Å². The molecule has 0 radical (unpaired) electrons. The first-order valence-electron chi connectivity index (χ1n) is 7.89. The van der Waals surface area contributed by atoms with Gasteiger partial charge in [0, 0.05) is 6.20 Å². The van der Waals surface area contributed by atoms with E-state index in [1.807, 2.05) is 73.0 Å². The first-order chi connectivity index (χ1) is 12.2. The van der Waals surface area contributed by atoms with Gasteiger partial charge in [0.25, 0.3) is 5.56 Å². The molecule has 3 heterocycles. The molecule has 0 unspecified atom stereocenters. The Morgan fingerprint density at radius 3 is 2.68 bits per heavy atom. The summed E-state index contributed by atoms with van der Waals surface area (Å²) >= 11 is 1.42. The fourth-order valence-corrected chi connectivity index (χ4v) is 3.48. The molecule has 25 heavy (non-hydrogen) atoms. The number of rotatable bonds is 3. The van der Waals surface area contributed by atoms with Crippen molar-refractivity contribution in [1.29, 1.82) is 0 Å². The summed E-state index contributed by atoms with van der Waals surface area (Å²) in [4.78, 5) is 22.0. The van der Waals surface area contributed by atoms with Gasteiger partial charge in [-0.15, -0.1) is 11.3 Å². The molecule has 122 valence electrons. The van der Waals surface area contributed by atoms with Crippen LogP contribution in [0, 0.1) is 6.92 Å². The van der Waals surface area contributed by atoms with Gasteiger partial charge in [-0.3, -0.25) is 14.3 Å². The van der Waals surface area contributed by atoms with Crippen molar-refractivity contribution < 1.29 is 0 Å². The maximum Gasteiger partial charge on any atom is 0.276 e. The highest BCUT2D eigenvalue weighted by molar-refractivity contribution is 7.17. The zero-order valence-electron chi connectivity index (χ0n) is 13.6. The molecule has 3 aromatic heterocycles. The van der Waals surface area contributed by atoms with Gasteiger partial charge in [0.15, 0.2) is 0 Å². The van der Waals surface area contributed by atoms with Crippen molar-refractivity contribution in [3.63, 3.8) is 0 Å². The maximum atomic E-state index is 13.1. The molecule has 0 aliphatic carbocycles. The number of benzene rings is 1. The maximum absolute atomic E-state index is 13.1. The minimum atomic E-state index is -0.0463. The molecule has 0 saturated heterocycles. The summed E-state index contributed by atoms with van der Waals surface area (Å²) in [5, 5.41) is 1.90. The van der Waals surface area contributed by atoms with Crippen molar-refractivity contribution in [3.8, 4) is 5.69 Å². The molecule has 0 atom stereocenters. The van der Waals surface area contributed by atoms with E-state index in [4.69, 9.17) is 0 Å². The van der Waals surface area contributed by atoms with Crippen LogP contribution in [0.4, 0.5) is 0 Å². The minimum Gasteiger partial charge on any atom is -0.267 e. The predicted molar refractivity (Wildman–Crippen MR) is 103 cm³/mol. The molecule has 0 aliphatic rings. The van der Waals surface area contributed by atoms with Gasteiger partial charge in [-0.25, -0.2) is 4.98 Å².